The molecule has 1 fully saturated rings. The molecule has 6 heteroatoms. The number of nitrogens with zero attached hydrogens (tertiary/aromatic N) is 1. The van der Waals surface area contributed by atoms with E-state index in [9.17, 15) is 9.59 Å². The van der Waals surface area contributed by atoms with Gasteiger partial charge in [0.2, 0.25) is 12.7 Å². The normalized spacial score (nSPS) is 18.2. The summed E-state index contributed by atoms with van der Waals surface area (Å²) in [6, 6.07) is 13.9. The van der Waals surface area contributed by atoms with E-state index in [-0.39, 0.29) is 18.6 Å². The highest BCUT2D eigenvalue weighted by Gasteiger charge is 2.35. The Balaban J connectivity index is 1.51. The molecule has 0 aliphatic carbocycles. The molecule has 25 heavy (non-hydrogen) atoms. The number of carbonyl (C=O) groups excluding carboxylic acids is 2. The number of para-hydroxylation sites is 1. The molecule has 0 bridgehead atoms. The zero-order valence-corrected chi connectivity index (χ0v) is 13.6. The molecule has 128 valence electrons. The van der Waals surface area contributed by atoms with Crippen LogP contribution in [0.1, 0.15) is 23.2 Å². The van der Waals surface area contributed by atoms with E-state index >= 15 is 0 Å². The van der Waals surface area contributed by atoms with E-state index in [0.29, 0.717) is 30.0 Å². The second kappa shape index (κ2) is 6.47. The number of nitrogens with one attached hydrogen (secondary N) is 1. The van der Waals surface area contributed by atoms with Gasteiger partial charge in [0, 0.05) is 17.8 Å². The molecule has 2 aliphatic rings. The highest BCUT2D eigenvalue weighted by Crippen LogP contribution is 2.33. The first-order valence-corrected chi connectivity index (χ1v) is 8.29. The molecule has 2 aliphatic heterocycles. The van der Waals surface area contributed by atoms with Gasteiger partial charge in [-0.05, 0) is 43.2 Å². The Labute approximate surface area is 145 Å². The predicted molar refractivity (Wildman–Crippen MR) is 91.7 cm³/mol. The summed E-state index contributed by atoms with van der Waals surface area (Å²) in [6.45, 7) is 0.735. The summed E-state index contributed by atoms with van der Waals surface area (Å²) in [5.41, 5.74) is 1.23. The predicted octanol–water partition coefficient (Wildman–Crippen LogP) is 2.66. The van der Waals surface area contributed by atoms with E-state index in [1.165, 1.54) is 0 Å². The van der Waals surface area contributed by atoms with Crippen molar-refractivity contribution in [2.75, 3.05) is 18.7 Å². The highest BCUT2D eigenvalue weighted by atomic mass is 16.7. The molecule has 1 atom stereocenters. The number of benzene rings is 2. The number of rotatable bonds is 3. The summed E-state index contributed by atoms with van der Waals surface area (Å²) in [7, 11) is 0. The molecular weight excluding hydrogens is 320 g/mol. The lowest BCUT2D eigenvalue weighted by molar-refractivity contribution is -0.119. The van der Waals surface area contributed by atoms with Gasteiger partial charge >= 0.3 is 0 Å². The second-order valence-electron chi connectivity index (χ2n) is 6.08. The maximum absolute atomic E-state index is 12.9. The van der Waals surface area contributed by atoms with Gasteiger partial charge in [-0.1, -0.05) is 18.2 Å². The Morgan fingerprint density at radius 1 is 1.04 bits per heavy atom. The maximum Gasteiger partial charge on any atom is 0.254 e. The molecule has 0 radical (unpaired) electrons. The molecule has 1 saturated heterocycles. The average Bonchev–Trinajstić information content (AvgIpc) is 3.30. The van der Waals surface area contributed by atoms with E-state index in [2.05, 4.69) is 5.32 Å². The summed E-state index contributed by atoms with van der Waals surface area (Å²) in [5.74, 6) is 0.883. The summed E-state index contributed by atoms with van der Waals surface area (Å²) < 4.78 is 10.6. The Hall–Kier alpha value is -3.02. The number of carbonyl (C=O) groups is 2. The van der Waals surface area contributed by atoms with Gasteiger partial charge in [0.25, 0.3) is 5.91 Å². The van der Waals surface area contributed by atoms with Crippen LogP contribution in [0.15, 0.2) is 48.5 Å². The first-order valence-electron chi connectivity index (χ1n) is 8.29. The molecular formula is C19H18N2O4. The molecule has 0 aromatic heterocycles. The van der Waals surface area contributed by atoms with Gasteiger partial charge in [-0.15, -0.1) is 0 Å². The fourth-order valence-corrected chi connectivity index (χ4v) is 3.22. The molecule has 1 N–H and O–H groups in total. The van der Waals surface area contributed by atoms with Gasteiger partial charge < -0.3 is 19.7 Å². The number of fused-ring (bicyclic) bond motifs is 1. The third kappa shape index (κ3) is 3.03. The van der Waals surface area contributed by atoms with Crippen molar-refractivity contribution in [2.45, 2.75) is 18.9 Å². The minimum Gasteiger partial charge on any atom is -0.454 e. The van der Waals surface area contributed by atoms with Crippen LogP contribution in [0.2, 0.25) is 0 Å². The lowest BCUT2D eigenvalue weighted by Gasteiger charge is -2.24. The number of anilines is 1. The van der Waals surface area contributed by atoms with Crippen LogP contribution < -0.4 is 14.8 Å². The Morgan fingerprint density at radius 3 is 2.68 bits per heavy atom. The van der Waals surface area contributed by atoms with Crippen LogP contribution in [-0.4, -0.2) is 36.1 Å². The van der Waals surface area contributed by atoms with Crippen molar-refractivity contribution in [3.63, 3.8) is 0 Å². The first-order chi connectivity index (χ1) is 12.2. The summed E-state index contributed by atoms with van der Waals surface area (Å²) in [5, 5.41) is 2.88. The van der Waals surface area contributed by atoms with E-state index < -0.39 is 6.04 Å². The van der Waals surface area contributed by atoms with Gasteiger partial charge in [-0.25, -0.2) is 0 Å². The fourth-order valence-electron chi connectivity index (χ4n) is 3.22. The molecule has 2 amide bonds. The molecule has 4 rings (SSSR count). The lowest BCUT2D eigenvalue weighted by Crippen LogP contribution is -2.43. The van der Waals surface area contributed by atoms with Crippen molar-refractivity contribution in [3.8, 4) is 11.5 Å². The van der Waals surface area contributed by atoms with E-state index in [4.69, 9.17) is 9.47 Å². The number of ether oxygens (including phenoxy) is 2. The van der Waals surface area contributed by atoms with Crippen LogP contribution in [0.5, 0.6) is 11.5 Å². The van der Waals surface area contributed by atoms with Gasteiger partial charge in [0.15, 0.2) is 11.5 Å². The maximum atomic E-state index is 12.9. The number of hydrogen-bond acceptors (Lipinski definition) is 4. The molecule has 2 aromatic rings. The monoisotopic (exact) mass is 338 g/mol. The minimum atomic E-state index is -0.460. The highest BCUT2D eigenvalue weighted by molar-refractivity contribution is 6.01. The smallest absolute Gasteiger partial charge is 0.254 e. The topological polar surface area (TPSA) is 67.9 Å². The van der Waals surface area contributed by atoms with Crippen LogP contribution in [0, 0.1) is 0 Å². The zero-order chi connectivity index (χ0) is 17.2. The summed E-state index contributed by atoms with van der Waals surface area (Å²) >= 11 is 0. The Morgan fingerprint density at radius 2 is 1.84 bits per heavy atom. The van der Waals surface area contributed by atoms with Crippen molar-refractivity contribution in [1.29, 1.82) is 0 Å². The summed E-state index contributed by atoms with van der Waals surface area (Å²) in [6.07, 6.45) is 1.47. The van der Waals surface area contributed by atoms with Gasteiger partial charge in [-0.3, -0.25) is 9.59 Å². The second-order valence-corrected chi connectivity index (χ2v) is 6.08. The van der Waals surface area contributed by atoms with Crippen LogP contribution in [0.25, 0.3) is 0 Å². The van der Waals surface area contributed by atoms with Crippen molar-refractivity contribution in [3.05, 3.63) is 54.1 Å². The van der Waals surface area contributed by atoms with Crippen molar-refractivity contribution >= 4 is 17.5 Å². The molecule has 2 heterocycles. The zero-order valence-electron chi connectivity index (χ0n) is 13.6. The van der Waals surface area contributed by atoms with Crippen LogP contribution in [0.3, 0.4) is 0 Å². The molecule has 0 saturated carbocycles. The Bertz CT molecular complexity index is 806. The number of likely N-dealkylation sites (tertiary alicyclic amines) is 1. The van der Waals surface area contributed by atoms with Crippen molar-refractivity contribution in [1.82, 2.24) is 4.90 Å². The van der Waals surface area contributed by atoms with Crippen molar-refractivity contribution < 1.29 is 19.1 Å². The van der Waals surface area contributed by atoms with Crippen LogP contribution >= 0.6 is 0 Å². The van der Waals surface area contributed by atoms with E-state index in [0.717, 1.165) is 12.1 Å². The van der Waals surface area contributed by atoms with Crippen molar-refractivity contribution in [2.24, 2.45) is 0 Å². The lowest BCUT2D eigenvalue weighted by atomic mass is 10.1. The SMILES string of the molecule is O=C(Nc1ccccc1)C1CCCN1C(=O)c1ccc2c(c1)OCO2. The molecule has 0 spiro atoms. The van der Waals surface area contributed by atoms with Crippen LogP contribution in [-0.2, 0) is 4.79 Å². The minimum absolute atomic E-state index is 0.155. The largest absolute Gasteiger partial charge is 0.454 e. The first kappa shape index (κ1) is 15.5. The standard InChI is InChI=1S/C19H18N2O4/c22-18(20-14-5-2-1-3-6-14)15-7-4-10-21(15)19(23)13-8-9-16-17(11-13)25-12-24-16/h1-3,5-6,8-9,11,15H,4,7,10,12H2,(H,20,22). The molecule has 2 aromatic carbocycles. The van der Waals surface area contributed by atoms with Gasteiger partial charge in [-0.2, -0.15) is 0 Å². The fraction of sp³-hybridized carbons (Fsp3) is 0.263. The number of hydrogen-bond donors (Lipinski definition) is 1. The average molecular weight is 338 g/mol. The molecule has 6 nitrogen and oxygen atoms in total. The third-order valence-corrected chi connectivity index (χ3v) is 4.48. The summed E-state index contributed by atoms with van der Waals surface area (Å²) in [4.78, 5) is 27.1. The number of amides is 2. The van der Waals surface area contributed by atoms with Gasteiger partial charge in [0.1, 0.15) is 6.04 Å². The van der Waals surface area contributed by atoms with E-state index in [1.807, 2.05) is 30.3 Å². The quantitative estimate of drug-likeness (QED) is 0.934. The Kier molecular flexibility index (Phi) is 4.01. The third-order valence-electron chi connectivity index (χ3n) is 4.48. The van der Waals surface area contributed by atoms with Crippen LogP contribution in [0.4, 0.5) is 5.69 Å². The van der Waals surface area contributed by atoms with Gasteiger partial charge in [0.05, 0.1) is 0 Å². The van der Waals surface area contributed by atoms with E-state index in [1.54, 1.807) is 23.1 Å². The molecule has 1 unspecified atom stereocenters.